The third kappa shape index (κ3) is 4.21. The fourth-order valence-corrected chi connectivity index (χ4v) is 4.71. The van der Waals surface area contributed by atoms with Crippen LogP contribution in [0.4, 0.5) is 0 Å². The summed E-state index contributed by atoms with van der Waals surface area (Å²) in [6.07, 6.45) is 9.90. The quantitative estimate of drug-likeness (QED) is 0.797. The smallest absolute Gasteiger partial charge is 0.126 e. The molecular weight excluding hydrogens is 327 g/mol. The zero-order chi connectivity index (χ0) is 17.8. The molecule has 1 aliphatic carbocycles. The van der Waals surface area contributed by atoms with Gasteiger partial charge in [0.25, 0.3) is 0 Å². The third-order valence-electron chi connectivity index (χ3n) is 4.69. The Morgan fingerprint density at radius 3 is 2.68 bits per heavy atom. The van der Waals surface area contributed by atoms with E-state index in [0.29, 0.717) is 20.2 Å². The standard InChI is InChI=1S/C22H25O2P/c1-15-8-6-12-19(16(2)23)22(15)25-20-13-7-11-18(21(20)24)14-17-9-4-3-5-10-17/h3-9,11-13,16-17,23-25H,10,14H2,1-2H3. The maximum absolute atomic E-state index is 10.8. The number of allylic oxidation sites excluding steroid dienone is 4. The number of para-hydroxylation sites is 1. The molecule has 0 amide bonds. The molecule has 0 fully saturated rings. The first-order valence-corrected chi connectivity index (χ1v) is 9.75. The summed E-state index contributed by atoms with van der Waals surface area (Å²) in [6.45, 7) is 3.86. The molecule has 3 atom stereocenters. The van der Waals surface area contributed by atoms with Crippen molar-refractivity contribution in [2.45, 2.75) is 32.8 Å². The number of hydrogen-bond donors (Lipinski definition) is 2. The number of aryl methyl sites for hydroxylation is 1. The zero-order valence-corrected chi connectivity index (χ0v) is 15.7. The Bertz CT molecular complexity index is 806. The molecule has 0 spiro atoms. The molecule has 2 aromatic rings. The van der Waals surface area contributed by atoms with Gasteiger partial charge in [0, 0.05) is 5.30 Å². The van der Waals surface area contributed by atoms with Gasteiger partial charge in [-0.05, 0) is 54.6 Å². The van der Waals surface area contributed by atoms with Crippen molar-refractivity contribution >= 4 is 19.2 Å². The first kappa shape index (κ1) is 17.9. The van der Waals surface area contributed by atoms with Crippen LogP contribution in [0.5, 0.6) is 5.75 Å². The second-order valence-corrected chi connectivity index (χ2v) is 7.96. The van der Waals surface area contributed by atoms with E-state index in [9.17, 15) is 10.2 Å². The Kier molecular flexibility index (Phi) is 5.73. The molecule has 0 saturated heterocycles. The number of phenols is 1. The summed E-state index contributed by atoms with van der Waals surface area (Å²) in [7, 11) is 0.333. The zero-order valence-electron chi connectivity index (χ0n) is 14.7. The Morgan fingerprint density at radius 2 is 1.96 bits per heavy atom. The summed E-state index contributed by atoms with van der Waals surface area (Å²) >= 11 is 0. The van der Waals surface area contributed by atoms with E-state index in [0.717, 1.165) is 40.1 Å². The summed E-state index contributed by atoms with van der Waals surface area (Å²) in [4.78, 5) is 0. The number of aliphatic hydroxyl groups is 1. The molecule has 0 heterocycles. The molecule has 2 aromatic carbocycles. The maximum atomic E-state index is 10.8. The highest BCUT2D eigenvalue weighted by molar-refractivity contribution is 7.56. The number of phenolic OH excluding ortho intramolecular Hbond substituents is 1. The van der Waals surface area contributed by atoms with Gasteiger partial charge in [-0.25, -0.2) is 0 Å². The van der Waals surface area contributed by atoms with E-state index in [1.165, 1.54) is 0 Å². The van der Waals surface area contributed by atoms with Gasteiger partial charge in [-0.1, -0.05) is 69.3 Å². The van der Waals surface area contributed by atoms with E-state index < -0.39 is 6.10 Å². The van der Waals surface area contributed by atoms with Crippen molar-refractivity contribution in [3.8, 4) is 5.75 Å². The highest BCUT2D eigenvalue weighted by Gasteiger charge is 2.16. The van der Waals surface area contributed by atoms with Crippen LogP contribution in [0.3, 0.4) is 0 Å². The SMILES string of the molecule is Cc1cccc(C(C)O)c1Pc1cccc(CC2C=CC=CC2)c1O. The molecule has 0 radical (unpaired) electrons. The van der Waals surface area contributed by atoms with E-state index in [1.54, 1.807) is 6.92 Å². The average molecular weight is 352 g/mol. The molecule has 2 N–H and O–H groups in total. The monoisotopic (exact) mass is 352 g/mol. The normalized spacial score (nSPS) is 18.1. The lowest BCUT2D eigenvalue weighted by Gasteiger charge is -2.18. The topological polar surface area (TPSA) is 40.5 Å². The van der Waals surface area contributed by atoms with Crippen molar-refractivity contribution in [2.24, 2.45) is 5.92 Å². The van der Waals surface area contributed by atoms with E-state index in [2.05, 4.69) is 37.3 Å². The highest BCUT2D eigenvalue weighted by Crippen LogP contribution is 2.29. The molecule has 3 heteroatoms. The predicted molar refractivity (Wildman–Crippen MR) is 108 cm³/mol. The lowest BCUT2D eigenvalue weighted by atomic mass is 9.93. The average Bonchev–Trinajstić information content (AvgIpc) is 2.60. The van der Waals surface area contributed by atoms with Crippen molar-refractivity contribution in [2.75, 3.05) is 0 Å². The first-order valence-electron chi connectivity index (χ1n) is 8.75. The minimum absolute atomic E-state index is 0.333. The van der Waals surface area contributed by atoms with Gasteiger partial charge in [0.05, 0.1) is 6.10 Å². The maximum Gasteiger partial charge on any atom is 0.126 e. The van der Waals surface area contributed by atoms with Crippen molar-refractivity contribution in [3.63, 3.8) is 0 Å². The largest absolute Gasteiger partial charge is 0.507 e. The summed E-state index contributed by atoms with van der Waals surface area (Å²) < 4.78 is 0. The van der Waals surface area contributed by atoms with E-state index in [1.807, 2.05) is 30.3 Å². The first-order chi connectivity index (χ1) is 12.1. The number of benzene rings is 2. The van der Waals surface area contributed by atoms with Gasteiger partial charge in [0.15, 0.2) is 0 Å². The molecule has 1 aliphatic rings. The van der Waals surface area contributed by atoms with Crippen molar-refractivity contribution in [3.05, 3.63) is 77.4 Å². The third-order valence-corrected chi connectivity index (χ3v) is 6.29. The Balaban J connectivity index is 1.88. The van der Waals surface area contributed by atoms with Gasteiger partial charge in [-0.2, -0.15) is 0 Å². The van der Waals surface area contributed by atoms with Gasteiger partial charge in [0.2, 0.25) is 0 Å². The number of aliphatic hydroxyl groups excluding tert-OH is 1. The van der Waals surface area contributed by atoms with Crippen LogP contribution in [0.1, 0.15) is 36.1 Å². The Morgan fingerprint density at radius 1 is 1.16 bits per heavy atom. The van der Waals surface area contributed by atoms with E-state index >= 15 is 0 Å². The van der Waals surface area contributed by atoms with Crippen LogP contribution in [-0.2, 0) is 6.42 Å². The molecule has 0 saturated carbocycles. The minimum Gasteiger partial charge on any atom is -0.507 e. The molecule has 0 aliphatic heterocycles. The van der Waals surface area contributed by atoms with Gasteiger partial charge < -0.3 is 10.2 Å². The van der Waals surface area contributed by atoms with E-state index in [-0.39, 0.29) is 0 Å². The highest BCUT2D eigenvalue weighted by atomic mass is 31.1. The summed E-state index contributed by atoms with van der Waals surface area (Å²) in [5.41, 5.74) is 3.10. The molecule has 25 heavy (non-hydrogen) atoms. The Labute approximate surface area is 151 Å². The molecule has 3 rings (SSSR count). The number of hydrogen-bond acceptors (Lipinski definition) is 2. The molecule has 2 nitrogen and oxygen atoms in total. The fourth-order valence-electron chi connectivity index (χ4n) is 3.27. The molecule has 130 valence electrons. The summed E-state index contributed by atoms with van der Waals surface area (Å²) in [6, 6.07) is 12.0. The van der Waals surface area contributed by atoms with Crippen LogP contribution in [-0.4, -0.2) is 10.2 Å². The lowest BCUT2D eigenvalue weighted by molar-refractivity contribution is 0.200. The predicted octanol–water partition coefficient (Wildman–Crippen LogP) is 4.06. The van der Waals surface area contributed by atoms with Crippen LogP contribution in [0.2, 0.25) is 0 Å². The van der Waals surface area contributed by atoms with E-state index in [4.69, 9.17) is 0 Å². The molecule has 0 bridgehead atoms. The number of rotatable bonds is 5. The summed E-state index contributed by atoms with van der Waals surface area (Å²) in [5.74, 6) is 0.851. The summed E-state index contributed by atoms with van der Waals surface area (Å²) in [5, 5.41) is 23.0. The van der Waals surface area contributed by atoms with Crippen LogP contribution in [0.25, 0.3) is 0 Å². The second-order valence-electron chi connectivity index (χ2n) is 6.67. The molecule has 3 unspecified atom stereocenters. The van der Waals surface area contributed by atoms with Crippen molar-refractivity contribution in [1.29, 1.82) is 0 Å². The van der Waals surface area contributed by atoms with Crippen LogP contribution < -0.4 is 10.6 Å². The Hall–Kier alpha value is -1.89. The second kappa shape index (κ2) is 7.99. The van der Waals surface area contributed by atoms with Gasteiger partial charge >= 0.3 is 0 Å². The van der Waals surface area contributed by atoms with Crippen molar-refractivity contribution < 1.29 is 10.2 Å². The lowest BCUT2D eigenvalue weighted by Crippen LogP contribution is -2.15. The van der Waals surface area contributed by atoms with Crippen molar-refractivity contribution in [1.82, 2.24) is 0 Å². The molecular formula is C22H25O2P. The van der Waals surface area contributed by atoms with Crippen LogP contribution in [0, 0.1) is 12.8 Å². The molecule has 0 aromatic heterocycles. The van der Waals surface area contributed by atoms with Crippen LogP contribution >= 0.6 is 8.58 Å². The van der Waals surface area contributed by atoms with Crippen LogP contribution in [0.15, 0.2) is 60.7 Å². The van der Waals surface area contributed by atoms with Gasteiger partial charge in [-0.15, -0.1) is 0 Å². The fraction of sp³-hybridized carbons (Fsp3) is 0.273. The van der Waals surface area contributed by atoms with Gasteiger partial charge in [0.1, 0.15) is 5.75 Å². The number of aromatic hydroxyl groups is 1. The van der Waals surface area contributed by atoms with Gasteiger partial charge in [-0.3, -0.25) is 0 Å². The minimum atomic E-state index is -0.508.